The molecule has 0 bridgehead atoms. The van der Waals surface area contributed by atoms with Crippen LogP contribution in [0.15, 0.2) is 46.5 Å². The number of hydrogen-bond acceptors (Lipinski definition) is 3. The molecule has 1 unspecified atom stereocenters. The summed E-state index contributed by atoms with van der Waals surface area (Å²) in [7, 11) is 0. The van der Waals surface area contributed by atoms with Crippen molar-refractivity contribution >= 4 is 52.8 Å². The van der Waals surface area contributed by atoms with E-state index >= 15 is 0 Å². The van der Waals surface area contributed by atoms with Crippen molar-refractivity contribution in [2.24, 2.45) is 15.8 Å². The number of rotatable bonds is 5. The third kappa shape index (κ3) is 4.87. The summed E-state index contributed by atoms with van der Waals surface area (Å²) in [5, 5.41) is 5.48. The molecule has 0 aliphatic carbocycles. The number of amides is 2. The van der Waals surface area contributed by atoms with Gasteiger partial charge in [-0.2, -0.15) is 18.3 Å². The van der Waals surface area contributed by atoms with Crippen LogP contribution in [0, 0.1) is 0 Å². The highest BCUT2D eigenvalue weighted by molar-refractivity contribution is 6.35. The summed E-state index contributed by atoms with van der Waals surface area (Å²) in [6.07, 6.45) is -3.62. The molecule has 1 heterocycles. The van der Waals surface area contributed by atoms with Crippen LogP contribution in [0.1, 0.15) is 30.0 Å². The Labute approximate surface area is 197 Å². The van der Waals surface area contributed by atoms with E-state index in [9.17, 15) is 18.0 Å². The summed E-state index contributed by atoms with van der Waals surface area (Å²) >= 11 is 18.2. The molecule has 0 radical (unpaired) electrons. The van der Waals surface area contributed by atoms with Gasteiger partial charge in [0.2, 0.25) is 0 Å². The Kier molecular flexibility index (Phi) is 7.07. The van der Waals surface area contributed by atoms with Crippen molar-refractivity contribution in [1.29, 1.82) is 0 Å². The number of benzene rings is 2. The van der Waals surface area contributed by atoms with E-state index in [-0.39, 0.29) is 39.3 Å². The van der Waals surface area contributed by atoms with Crippen LogP contribution in [0.25, 0.3) is 0 Å². The Morgan fingerprint density at radius 3 is 2.41 bits per heavy atom. The zero-order chi connectivity index (χ0) is 23.7. The second-order valence-corrected chi connectivity index (χ2v) is 8.49. The van der Waals surface area contributed by atoms with Crippen molar-refractivity contribution in [3.8, 4) is 0 Å². The zero-order valence-corrected chi connectivity index (χ0v) is 19.0. The Hall–Kier alpha value is -2.29. The molecule has 32 heavy (non-hydrogen) atoms. The number of urea groups is 1. The van der Waals surface area contributed by atoms with Crippen molar-refractivity contribution in [2.75, 3.05) is 13.1 Å². The van der Waals surface area contributed by atoms with Crippen molar-refractivity contribution in [2.45, 2.75) is 24.9 Å². The standard InChI is InChI=1S/C21H18Cl3F3N4O/c1-2-31(19(28)32)30-10-13-4-3-12(5-17(13)24)18-9-20(11-29-18,21(25,26)27)14-6-15(22)8-16(23)7-14/h3-8,10H,2,9,11H2,1H3,(H2,28,32)/b30-10+. The summed E-state index contributed by atoms with van der Waals surface area (Å²) in [6, 6.07) is 7.90. The van der Waals surface area contributed by atoms with Gasteiger partial charge in [0.05, 0.1) is 17.8 Å². The molecule has 3 rings (SSSR count). The fraction of sp³-hybridized carbons (Fsp3) is 0.286. The van der Waals surface area contributed by atoms with Crippen LogP contribution < -0.4 is 5.73 Å². The third-order valence-corrected chi connectivity index (χ3v) is 5.95. The number of nitrogens with two attached hydrogens (primary N) is 1. The van der Waals surface area contributed by atoms with Gasteiger partial charge in [0.15, 0.2) is 0 Å². The minimum Gasteiger partial charge on any atom is -0.350 e. The largest absolute Gasteiger partial charge is 0.400 e. The van der Waals surface area contributed by atoms with E-state index in [1.165, 1.54) is 30.5 Å². The second kappa shape index (κ2) is 9.29. The number of carbonyl (C=O) groups is 1. The number of hydrogen-bond donors (Lipinski definition) is 1. The molecule has 2 N–H and O–H groups in total. The van der Waals surface area contributed by atoms with Crippen molar-refractivity contribution in [3.63, 3.8) is 0 Å². The number of carbonyl (C=O) groups excluding carboxylic acids is 1. The highest BCUT2D eigenvalue weighted by atomic mass is 35.5. The first-order chi connectivity index (χ1) is 15.0. The molecular weight excluding hydrogens is 488 g/mol. The molecule has 5 nitrogen and oxygen atoms in total. The van der Waals surface area contributed by atoms with Gasteiger partial charge in [0.1, 0.15) is 5.41 Å². The van der Waals surface area contributed by atoms with Gasteiger partial charge in [0, 0.05) is 34.3 Å². The van der Waals surface area contributed by atoms with E-state index < -0.39 is 24.2 Å². The van der Waals surface area contributed by atoms with E-state index in [2.05, 4.69) is 10.1 Å². The molecule has 1 aliphatic heterocycles. The smallest absolute Gasteiger partial charge is 0.350 e. The molecule has 0 spiro atoms. The van der Waals surface area contributed by atoms with Gasteiger partial charge in [-0.25, -0.2) is 9.80 Å². The first-order valence-corrected chi connectivity index (χ1v) is 10.6. The lowest BCUT2D eigenvalue weighted by Crippen LogP contribution is -2.43. The van der Waals surface area contributed by atoms with Crippen molar-refractivity contribution in [1.82, 2.24) is 5.01 Å². The fourth-order valence-electron chi connectivity index (χ4n) is 3.44. The molecule has 1 atom stereocenters. The first-order valence-electron chi connectivity index (χ1n) is 9.44. The lowest BCUT2D eigenvalue weighted by Gasteiger charge is -2.31. The van der Waals surface area contributed by atoms with Crippen LogP contribution in [0.3, 0.4) is 0 Å². The predicted molar refractivity (Wildman–Crippen MR) is 121 cm³/mol. The van der Waals surface area contributed by atoms with Gasteiger partial charge in [0.25, 0.3) is 0 Å². The quantitative estimate of drug-likeness (QED) is 0.388. The summed E-state index contributed by atoms with van der Waals surface area (Å²) in [6.45, 7) is 1.48. The molecule has 0 saturated carbocycles. The Morgan fingerprint density at radius 1 is 1.22 bits per heavy atom. The monoisotopic (exact) mass is 504 g/mol. The summed E-state index contributed by atoms with van der Waals surface area (Å²) in [4.78, 5) is 15.4. The molecular formula is C21H18Cl3F3N4O. The number of nitrogens with zero attached hydrogens (tertiary/aromatic N) is 3. The van der Waals surface area contributed by atoms with Crippen molar-refractivity contribution < 1.29 is 18.0 Å². The Balaban J connectivity index is 1.91. The second-order valence-electron chi connectivity index (χ2n) is 7.21. The van der Waals surface area contributed by atoms with E-state index in [1.54, 1.807) is 19.1 Å². The SMILES string of the molecule is CCN(/N=C/c1ccc(C2=NCC(c3cc(Cl)cc(Cl)c3)(C(F)(F)F)C2)cc1Cl)C(N)=O. The molecule has 2 aromatic rings. The van der Waals surface area contributed by atoms with Crippen LogP contribution in [0.5, 0.6) is 0 Å². The van der Waals surface area contributed by atoms with Gasteiger partial charge >= 0.3 is 12.2 Å². The van der Waals surface area contributed by atoms with Crippen LogP contribution in [-0.4, -0.2) is 42.2 Å². The lowest BCUT2D eigenvalue weighted by molar-refractivity contribution is -0.183. The number of alkyl halides is 3. The van der Waals surface area contributed by atoms with Gasteiger partial charge < -0.3 is 5.73 Å². The van der Waals surface area contributed by atoms with Gasteiger partial charge in [-0.1, -0.05) is 46.9 Å². The third-order valence-electron chi connectivity index (χ3n) is 5.19. The maximum Gasteiger partial charge on any atom is 0.400 e. The summed E-state index contributed by atoms with van der Waals surface area (Å²) < 4.78 is 42.7. The average Bonchev–Trinajstić information content (AvgIpc) is 3.15. The van der Waals surface area contributed by atoms with Crippen LogP contribution in [0.4, 0.5) is 18.0 Å². The molecule has 2 aromatic carbocycles. The lowest BCUT2D eigenvalue weighted by atomic mass is 9.76. The molecule has 0 aromatic heterocycles. The molecule has 1 aliphatic rings. The zero-order valence-electron chi connectivity index (χ0n) is 16.8. The summed E-state index contributed by atoms with van der Waals surface area (Å²) in [5.41, 5.74) is 4.10. The van der Waals surface area contributed by atoms with Gasteiger partial charge in [-0.15, -0.1) is 0 Å². The maximum absolute atomic E-state index is 14.2. The Morgan fingerprint density at radius 2 is 1.88 bits per heavy atom. The van der Waals surface area contributed by atoms with E-state index in [0.29, 0.717) is 11.1 Å². The van der Waals surface area contributed by atoms with Gasteiger partial charge in [-0.3, -0.25) is 4.99 Å². The summed E-state index contributed by atoms with van der Waals surface area (Å²) in [5.74, 6) is 0. The van der Waals surface area contributed by atoms with E-state index in [0.717, 1.165) is 5.01 Å². The minimum atomic E-state index is -4.58. The van der Waals surface area contributed by atoms with Gasteiger partial charge in [-0.05, 0) is 42.3 Å². The van der Waals surface area contributed by atoms with Crippen molar-refractivity contribution in [3.05, 3.63) is 68.2 Å². The number of hydrazone groups is 1. The van der Waals surface area contributed by atoms with Crippen LogP contribution >= 0.6 is 34.8 Å². The highest BCUT2D eigenvalue weighted by Gasteiger charge is 2.58. The van der Waals surface area contributed by atoms with E-state index in [4.69, 9.17) is 40.5 Å². The highest BCUT2D eigenvalue weighted by Crippen LogP contribution is 2.48. The minimum absolute atomic E-state index is 0.0396. The van der Waals surface area contributed by atoms with E-state index in [1.807, 2.05) is 0 Å². The van der Waals surface area contributed by atoms with Crippen LogP contribution in [-0.2, 0) is 5.41 Å². The number of aliphatic imine (C=N–C) groups is 1. The molecule has 170 valence electrons. The molecule has 11 heteroatoms. The topological polar surface area (TPSA) is 71.1 Å². The first kappa shape index (κ1) is 24.4. The Bertz CT molecular complexity index is 1080. The average molecular weight is 506 g/mol. The molecule has 0 saturated heterocycles. The maximum atomic E-state index is 14.2. The number of halogens is 6. The molecule has 0 fully saturated rings. The van der Waals surface area contributed by atoms with Crippen LogP contribution in [0.2, 0.25) is 15.1 Å². The fourth-order valence-corrected chi connectivity index (χ4v) is 4.19. The molecule has 2 amide bonds. The number of primary amides is 1. The predicted octanol–water partition coefficient (Wildman–Crippen LogP) is 6.07. The normalized spacial score (nSPS) is 18.8.